The van der Waals surface area contributed by atoms with Gasteiger partial charge < -0.3 is 15.2 Å². The summed E-state index contributed by atoms with van der Waals surface area (Å²) in [7, 11) is 1.74. The summed E-state index contributed by atoms with van der Waals surface area (Å²) in [5.74, 6) is 0.414. The van der Waals surface area contributed by atoms with Crippen LogP contribution in [-0.4, -0.2) is 37.9 Å². The monoisotopic (exact) mass is 352 g/mol. The normalized spacial score (nSPS) is 15.0. The van der Waals surface area contributed by atoms with E-state index in [1.807, 2.05) is 36.4 Å². The molecule has 2 aromatic heterocycles. The number of aromatic nitrogens is 3. The van der Waals surface area contributed by atoms with E-state index in [4.69, 9.17) is 4.74 Å². The molecule has 0 atom stereocenters. The lowest BCUT2D eigenvalue weighted by molar-refractivity contribution is 0.0899. The molecule has 26 heavy (non-hydrogen) atoms. The zero-order valence-electron chi connectivity index (χ0n) is 14.5. The molecule has 1 amide bonds. The molecular formula is C19H20N4O3. The molecule has 1 saturated carbocycles. The van der Waals surface area contributed by atoms with Crippen LogP contribution in [0.3, 0.4) is 0 Å². The van der Waals surface area contributed by atoms with Crippen LogP contribution in [0.2, 0.25) is 0 Å². The van der Waals surface area contributed by atoms with Gasteiger partial charge >= 0.3 is 0 Å². The smallest absolute Gasteiger partial charge is 0.270 e. The van der Waals surface area contributed by atoms with Crippen molar-refractivity contribution in [3.8, 4) is 5.75 Å². The van der Waals surface area contributed by atoms with Crippen molar-refractivity contribution in [2.75, 3.05) is 6.61 Å². The first-order valence-electron chi connectivity index (χ1n) is 8.53. The van der Waals surface area contributed by atoms with Gasteiger partial charge in [-0.15, -0.1) is 0 Å². The van der Waals surface area contributed by atoms with Crippen molar-refractivity contribution >= 4 is 16.8 Å². The predicted molar refractivity (Wildman–Crippen MR) is 95.8 cm³/mol. The minimum atomic E-state index is -0.471. The molecule has 1 aliphatic rings. The van der Waals surface area contributed by atoms with Gasteiger partial charge in [0, 0.05) is 18.6 Å². The van der Waals surface area contributed by atoms with E-state index in [0.29, 0.717) is 18.1 Å². The number of benzene rings is 1. The molecule has 7 heteroatoms. The molecule has 0 unspecified atom stereocenters. The Bertz CT molecular complexity index is 948. The Morgan fingerprint density at radius 1 is 1.35 bits per heavy atom. The highest BCUT2D eigenvalue weighted by Gasteiger charge is 2.44. The van der Waals surface area contributed by atoms with Crippen molar-refractivity contribution in [2.24, 2.45) is 7.05 Å². The molecular weight excluding hydrogens is 332 g/mol. The molecule has 3 aromatic rings. The number of hydrogen-bond acceptors (Lipinski definition) is 5. The number of amides is 1. The van der Waals surface area contributed by atoms with E-state index in [9.17, 15) is 9.90 Å². The van der Waals surface area contributed by atoms with Crippen LogP contribution in [0.25, 0.3) is 10.9 Å². The number of fused-ring (bicyclic) bond motifs is 1. The SMILES string of the molecule is Cn1nc2ccc(OCc3ccccn3)cc2c1C(=O)NC1(CO)CC1. The highest BCUT2D eigenvalue weighted by Crippen LogP contribution is 2.35. The van der Waals surface area contributed by atoms with E-state index >= 15 is 0 Å². The Balaban J connectivity index is 1.59. The second-order valence-electron chi connectivity index (χ2n) is 6.65. The van der Waals surface area contributed by atoms with Gasteiger partial charge in [-0.3, -0.25) is 14.5 Å². The van der Waals surface area contributed by atoms with Gasteiger partial charge in [0.15, 0.2) is 0 Å². The van der Waals surface area contributed by atoms with Gasteiger partial charge in [0.05, 0.1) is 23.4 Å². The molecule has 0 radical (unpaired) electrons. The zero-order chi connectivity index (χ0) is 18.1. The highest BCUT2D eigenvalue weighted by atomic mass is 16.5. The molecule has 1 fully saturated rings. The number of nitrogens with one attached hydrogen (secondary N) is 1. The maximum absolute atomic E-state index is 12.7. The number of aryl methyl sites for hydroxylation is 1. The maximum Gasteiger partial charge on any atom is 0.270 e. The number of ether oxygens (including phenoxy) is 1. The standard InChI is InChI=1S/C19H20N4O3/c1-23-17(18(25)21-19(12-24)7-8-19)15-10-14(5-6-16(15)22-23)26-11-13-4-2-3-9-20-13/h2-6,9-10,24H,7-8,11-12H2,1H3,(H,21,25). The fraction of sp³-hybridized carbons (Fsp3) is 0.316. The van der Waals surface area contributed by atoms with E-state index < -0.39 is 5.54 Å². The number of nitrogens with zero attached hydrogens (tertiary/aromatic N) is 3. The second kappa shape index (κ2) is 6.42. The Kier molecular flexibility index (Phi) is 4.08. The summed E-state index contributed by atoms with van der Waals surface area (Å²) in [5, 5.41) is 17.5. The van der Waals surface area contributed by atoms with E-state index in [1.165, 1.54) is 0 Å². The topological polar surface area (TPSA) is 89.3 Å². The molecule has 2 heterocycles. The first kappa shape index (κ1) is 16.5. The molecule has 0 bridgehead atoms. The summed E-state index contributed by atoms with van der Waals surface area (Å²) in [6.45, 7) is 0.300. The van der Waals surface area contributed by atoms with Crippen molar-refractivity contribution in [1.82, 2.24) is 20.1 Å². The first-order chi connectivity index (χ1) is 12.6. The predicted octanol–water partition coefficient (Wildman–Crippen LogP) is 1.80. The lowest BCUT2D eigenvalue weighted by Crippen LogP contribution is -2.40. The summed E-state index contributed by atoms with van der Waals surface area (Å²) >= 11 is 0. The lowest BCUT2D eigenvalue weighted by Gasteiger charge is -2.14. The number of rotatable bonds is 6. The van der Waals surface area contributed by atoms with Gasteiger partial charge in [-0.25, -0.2) is 0 Å². The van der Waals surface area contributed by atoms with E-state index in [0.717, 1.165) is 29.4 Å². The fourth-order valence-electron chi connectivity index (χ4n) is 2.95. The minimum Gasteiger partial charge on any atom is -0.487 e. The van der Waals surface area contributed by atoms with E-state index in [2.05, 4.69) is 15.4 Å². The zero-order valence-corrected chi connectivity index (χ0v) is 14.5. The van der Waals surface area contributed by atoms with Crippen molar-refractivity contribution in [3.63, 3.8) is 0 Å². The summed E-state index contributed by atoms with van der Waals surface area (Å²) in [5.41, 5.74) is 1.54. The average molecular weight is 352 g/mol. The van der Waals surface area contributed by atoms with Crippen LogP contribution in [0.5, 0.6) is 5.75 Å². The lowest BCUT2D eigenvalue weighted by atomic mass is 10.1. The molecule has 1 aromatic carbocycles. The third kappa shape index (κ3) is 3.13. The Morgan fingerprint density at radius 2 is 2.19 bits per heavy atom. The van der Waals surface area contributed by atoms with Gasteiger partial charge in [-0.1, -0.05) is 6.07 Å². The van der Waals surface area contributed by atoms with Crippen LogP contribution in [0.15, 0.2) is 42.6 Å². The van der Waals surface area contributed by atoms with Gasteiger partial charge in [0.25, 0.3) is 5.91 Å². The van der Waals surface area contributed by atoms with Crippen molar-refractivity contribution in [3.05, 3.63) is 54.0 Å². The molecule has 0 saturated heterocycles. The number of hydrogen-bond donors (Lipinski definition) is 2. The quantitative estimate of drug-likeness (QED) is 0.706. The average Bonchev–Trinajstić information content (AvgIpc) is 3.34. The third-order valence-corrected chi connectivity index (χ3v) is 4.67. The summed E-state index contributed by atoms with van der Waals surface area (Å²) in [4.78, 5) is 16.9. The second-order valence-corrected chi connectivity index (χ2v) is 6.65. The number of aliphatic hydroxyl groups is 1. The van der Waals surface area contributed by atoms with Crippen LogP contribution in [0, 0.1) is 0 Å². The van der Waals surface area contributed by atoms with Crippen LogP contribution in [-0.2, 0) is 13.7 Å². The Morgan fingerprint density at radius 3 is 2.88 bits per heavy atom. The largest absolute Gasteiger partial charge is 0.487 e. The van der Waals surface area contributed by atoms with Gasteiger partial charge in [-0.05, 0) is 43.2 Å². The van der Waals surface area contributed by atoms with Crippen LogP contribution in [0.4, 0.5) is 0 Å². The summed E-state index contributed by atoms with van der Waals surface area (Å²) in [6, 6.07) is 11.1. The summed E-state index contributed by atoms with van der Waals surface area (Å²) < 4.78 is 7.37. The van der Waals surface area contributed by atoms with Crippen molar-refractivity contribution in [1.29, 1.82) is 0 Å². The molecule has 4 rings (SSSR count). The summed E-state index contributed by atoms with van der Waals surface area (Å²) in [6.07, 6.45) is 3.31. The van der Waals surface area contributed by atoms with Crippen LogP contribution >= 0.6 is 0 Å². The van der Waals surface area contributed by atoms with E-state index in [-0.39, 0.29) is 12.5 Å². The number of aliphatic hydroxyl groups excluding tert-OH is 1. The molecule has 134 valence electrons. The molecule has 2 N–H and O–H groups in total. The van der Waals surface area contributed by atoms with E-state index in [1.54, 1.807) is 17.9 Å². The maximum atomic E-state index is 12.7. The number of carbonyl (C=O) groups is 1. The Labute approximate surface area is 150 Å². The van der Waals surface area contributed by atoms with Crippen LogP contribution < -0.4 is 10.1 Å². The Hall–Kier alpha value is -2.93. The molecule has 1 aliphatic carbocycles. The van der Waals surface area contributed by atoms with Gasteiger partial charge in [0.1, 0.15) is 18.1 Å². The van der Waals surface area contributed by atoms with Crippen LogP contribution in [0.1, 0.15) is 29.0 Å². The third-order valence-electron chi connectivity index (χ3n) is 4.67. The van der Waals surface area contributed by atoms with Crippen molar-refractivity contribution in [2.45, 2.75) is 25.0 Å². The van der Waals surface area contributed by atoms with Crippen molar-refractivity contribution < 1.29 is 14.6 Å². The number of pyridine rings is 1. The molecule has 0 spiro atoms. The van der Waals surface area contributed by atoms with Gasteiger partial charge in [-0.2, -0.15) is 5.10 Å². The minimum absolute atomic E-state index is 0.0487. The molecule has 7 nitrogen and oxygen atoms in total. The highest BCUT2D eigenvalue weighted by molar-refractivity contribution is 6.05. The molecule has 0 aliphatic heterocycles. The fourth-order valence-corrected chi connectivity index (χ4v) is 2.95. The first-order valence-corrected chi connectivity index (χ1v) is 8.53. The number of carbonyl (C=O) groups excluding carboxylic acids is 1. The van der Waals surface area contributed by atoms with Gasteiger partial charge in [0.2, 0.25) is 0 Å².